The standard InChI is InChI=1S/C10H12N4O4/c11-7-2-1-6(5-8(7)14(17)18)10(16)13-4-3-9(12)15/h1-2,5H,3-4,11H2,(H2,12,15)(H,13,16). The lowest BCUT2D eigenvalue weighted by molar-refractivity contribution is -0.383. The number of hydrogen-bond donors (Lipinski definition) is 3. The van der Waals surface area contributed by atoms with Gasteiger partial charge in [-0.2, -0.15) is 0 Å². The number of anilines is 1. The van der Waals surface area contributed by atoms with Crippen molar-refractivity contribution in [2.75, 3.05) is 12.3 Å². The highest BCUT2D eigenvalue weighted by Crippen LogP contribution is 2.22. The Morgan fingerprint density at radius 1 is 1.39 bits per heavy atom. The number of nitrogens with two attached hydrogens (primary N) is 2. The summed E-state index contributed by atoms with van der Waals surface area (Å²) in [4.78, 5) is 32.0. The zero-order chi connectivity index (χ0) is 13.7. The van der Waals surface area contributed by atoms with Gasteiger partial charge in [-0.05, 0) is 12.1 Å². The Labute approximate surface area is 102 Å². The molecule has 2 amide bonds. The summed E-state index contributed by atoms with van der Waals surface area (Å²) in [6, 6.07) is 3.72. The van der Waals surface area contributed by atoms with E-state index in [1.54, 1.807) is 0 Å². The normalized spacial score (nSPS) is 9.78. The van der Waals surface area contributed by atoms with Gasteiger partial charge in [-0.1, -0.05) is 0 Å². The van der Waals surface area contributed by atoms with Crippen LogP contribution in [0.5, 0.6) is 0 Å². The Kier molecular flexibility index (Phi) is 4.19. The molecule has 96 valence electrons. The molecular formula is C10H12N4O4. The molecule has 0 fully saturated rings. The predicted molar refractivity (Wildman–Crippen MR) is 63.7 cm³/mol. The Balaban J connectivity index is 2.77. The predicted octanol–water partition coefficient (Wildman–Crippen LogP) is -0.218. The van der Waals surface area contributed by atoms with Gasteiger partial charge in [0.05, 0.1) is 4.92 Å². The van der Waals surface area contributed by atoms with Gasteiger partial charge in [0.2, 0.25) is 5.91 Å². The number of nitrogen functional groups attached to an aromatic ring is 1. The van der Waals surface area contributed by atoms with Crippen LogP contribution in [0.1, 0.15) is 16.8 Å². The maximum Gasteiger partial charge on any atom is 0.292 e. The maximum absolute atomic E-state index is 11.6. The number of nitrogens with zero attached hydrogens (tertiary/aromatic N) is 1. The van der Waals surface area contributed by atoms with Crippen LogP contribution in [0.3, 0.4) is 0 Å². The molecule has 1 rings (SSSR count). The summed E-state index contributed by atoms with van der Waals surface area (Å²) in [7, 11) is 0. The SMILES string of the molecule is NC(=O)CCNC(=O)c1ccc(N)c([N+](=O)[O-])c1. The van der Waals surface area contributed by atoms with Crippen LogP contribution < -0.4 is 16.8 Å². The zero-order valence-corrected chi connectivity index (χ0v) is 9.38. The number of rotatable bonds is 5. The van der Waals surface area contributed by atoms with E-state index in [0.717, 1.165) is 6.07 Å². The highest BCUT2D eigenvalue weighted by molar-refractivity contribution is 5.95. The largest absolute Gasteiger partial charge is 0.393 e. The first-order chi connectivity index (χ1) is 8.41. The smallest absolute Gasteiger partial charge is 0.292 e. The lowest BCUT2D eigenvalue weighted by Crippen LogP contribution is -2.27. The molecule has 0 heterocycles. The summed E-state index contributed by atoms with van der Waals surface area (Å²) < 4.78 is 0. The van der Waals surface area contributed by atoms with Gasteiger partial charge in [-0.3, -0.25) is 19.7 Å². The maximum atomic E-state index is 11.6. The van der Waals surface area contributed by atoms with E-state index < -0.39 is 16.7 Å². The third-order valence-electron chi connectivity index (χ3n) is 2.15. The quantitative estimate of drug-likeness (QED) is 0.377. The average molecular weight is 252 g/mol. The van der Waals surface area contributed by atoms with Gasteiger partial charge in [0, 0.05) is 24.6 Å². The van der Waals surface area contributed by atoms with Crippen molar-refractivity contribution in [1.29, 1.82) is 0 Å². The molecule has 0 radical (unpaired) electrons. The summed E-state index contributed by atoms with van der Waals surface area (Å²) in [6.07, 6.45) is 0.00278. The molecule has 0 bridgehead atoms. The highest BCUT2D eigenvalue weighted by Gasteiger charge is 2.15. The molecule has 0 saturated carbocycles. The van der Waals surface area contributed by atoms with Crippen molar-refractivity contribution in [2.24, 2.45) is 5.73 Å². The molecule has 0 aliphatic carbocycles. The molecule has 5 N–H and O–H groups in total. The van der Waals surface area contributed by atoms with Crippen LogP contribution in [-0.2, 0) is 4.79 Å². The minimum atomic E-state index is -0.671. The van der Waals surface area contributed by atoms with Crippen molar-refractivity contribution in [3.63, 3.8) is 0 Å². The zero-order valence-electron chi connectivity index (χ0n) is 9.38. The van der Waals surface area contributed by atoms with Gasteiger partial charge in [0.1, 0.15) is 5.69 Å². The number of primary amides is 1. The van der Waals surface area contributed by atoms with Gasteiger partial charge in [-0.25, -0.2) is 0 Å². The topological polar surface area (TPSA) is 141 Å². The third kappa shape index (κ3) is 3.44. The number of nitro benzene ring substituents is 1. The second-order valence-electron chi connectivity index (χ2n) is 3.50. The molecule has 18 heavy (non-hydrogen) atoms. The third-order valence-corrected chi connectivity index (χ3v) is 2.15. The molecule has 0 aliphatic heterocycles. The number of nitrogens with one attached hydrogen (secondary N) is 1. The van der Waals surface area contributed by atoms with Crippen LogP contribution in [-0.4, -0.2) is 23.3 Å². The van der Waals surface area contributed by atoms with E-state index >= 15 is 0 Å². The van der Waals surface area contributed by atoms with Crippen LogP contribution in [0.15, 0.2) is 18.2 Å². The second kappa shape index (κ2) is 5.62. The molecule has 0 saturated heterocycles. The summed E-state index contributed by atoms with van der Waals surface area (Å²) >= 11 is 0. The first-order valence-electron chi connectivity index (χ1n) is 5.02. The Morgan fingerprint density at radius 2 is 2.06 bits per heavy atom. The molecule has 0 unspecified atom stereocenters. The number of hydrogen-bond acceptors (Lipinski definition) is 5. The summed E-state index contributed by atoms with van der Waals surface area (Å²) in [6.45, 7) is 0.0757. The molecule has 1 aromatic rings. The first-order valence-corrected chi connectivity index (χ1v) is 5.02. The van der Waals surface area contributed by atoms with Crippen molar-refractivity contribution in [1.82, 2.24) is 5.32 Å². The molecular weight excluding hydrogens is 240 g/mol. The molecule has 0 atom stereocenters. The first kappa shape index (κ1) is 13.4. The van der Waals surface area contributed by atoms with Crippen molar-refractivity contribution in [3.05, 3.63) is 33.9 Å². The molecule has 0 aromatic heterocycles. The number of carbonyl (C=O) groups is 2. The van der Waals surface area contributed by atoms with E-state index in [0.29, 0.717) is 0 Å². The fourth-order valence-corrected chi connectivity index (χ4v) is 1.24. The van der Waals surface area contributed by atoms with Crippen molar-refractivity contribution in [2.45, 2.75) is 6.42 Å². The fraction of sp³-hybridized carbons (Fsp3) is 0.200. The molecule has 0 aliphatic rings. The molecule has 1 aromatic carbocycles. The van der Waals surface area contributed by atoms with Crippen molar-refractivity contribution >= 4 is 23.2 Å². The van der Waals surface area contributed by atoms with E-state index in [1.165, 1.54) is 12.1 Å². The van der Waals surface area contributed by atoms with E-state index in [1.807, 2.05) is 0 Å². The number of carbonyl (C=O) groups excluding carboxylic acids is 2. The van der Waals surface area contributed by atoms with E-state index in [2.05, 4.69) is 5.32 Å². The fourth-order valence-electron chi connectivity index (χ4n) is 1.24. The lowest BCUT2D eigenvalue weighted by Gasteiger charge is -2.04. The minimum Gasteiger partial charge on any atom is -0.393 e. The minimum absolute atomic E-state index is 0.00278. The molecule has 8 nitrogen and oxygen atoms in total. The molecule has 8 heteroatoms. The van der Waals surface area contributed by atoms with Crippen molar-refractivity contribution < 1.29 is 14.5 Å². The van der Waals surface area contributed by atoms with Crippen molar-refractivity contribution in [3.8, 4) is 0 Å². The number of benzene rings is 1. The van der Waals surface area contributed by atoms with Gasteiger partial charge in [0.15, 0.2) is 0 Å². The van der Waals surface area contributed by atoms with Gasteiger partial charge in [0.25, 0.3) is 11.6 Å². The van der Waals surface area contributed by atoms with E-state index in [9.17, 15) is 19.7 Å². The van der Waals surface area contributed by atoms with E-state index in [-0.39, 0.29) is 29.9 Å². The van der Waals surface area contributed by atoms with Crippen LogP contribution in [0.4, 0.5) is 11.4 Å². The molecule has 0 spiro atoms. The van der Waals surface area contributed by atoms with E-state index in [4.69, 9.17) is 11.5 Å². The Bertz CT molecular complexity index is 501. The second-order valence-corrected chi connectivity index (χ2v) is 3.50. The number of amides is 2. The summed E-state index contributed by atoms with van der Waals surface area (Å²) in [5.74, 6) is -1.07. The van der Waals surface area contributed by atoms with Gasteiger partial charge < -0.3 is 16.8 Å². The van der Waals surface area contributed by atoms with Crippen LogP contribution in [0.25, 0.3) is 0 Å². The van der Waals surface area contributed by atoms with Crippen LogP contribution >= 0.6 is 0 Å². The van der Waals surface area contributed by atoms with Crippen LogP contribution in [0.2, 0.25) is 0 Å². The number of nitro groups is 1. The van der Waals surface area contributed by atoms with Crippen LogP contribution in [0, 0.1) is 10.1 Å². The Hall–Kier alpha value is -2.64. The monoisotopic (exact) mass is 252 g/mol. The average Bonchev–Trinajstić information content (AvgIpc) is 2.28. The summed E-state index contributed by atoms with van der Waals surface area (Å²) in [5.41, 5.74) is 10.0. The van der Waals surface area contributed by atoms with Gasteiger partial charge in [-0.15, -0.1) is 0 Å². The highest BCUT2D eigenvalue weighted by atomic mass is 16.6. The van der Waals surface area contributed by atoms with Gasteiger partial charge >= 0.3 is 0 Å². The summed E-state index contributed by atoms with van der Waals surface area (Å²) in [5, 5.41) is 13.0. The lowest BCUT2D eigenvalue weighted by atomic mass is 10.1. The Morgan fingerprint density at radius 3 is 2.61 bits per heavy atom.